The molecule has 0 spiro atoms. The molecule has 1 atom stereocenters. The van der Waals surface area contributed by atoms with E-state index in [4.69, 9.17) is 10.6 Å². The van der Waals surface area contributed by atoms with Crippen molar-refractivity contribution in [2.24, 2.45) is 5.73 Å². The molecule has 0 aliphatic heterocycles. The molecule has 1 unspecified atom stereocenters. The standard InChI is InChI=1S/C6H14N2O2S/c1-2-3-6(9)8-10-4-5(7)11/h5,11H,2-4,7H2,1H3,(H,8,9). The molecule has 4 nitrogen and oxygen atoms in total. The number of nitrogens with one attached hydrogen (secondary N) is 1. The summed E-state index contributed by atoms with van der Waals surface area (Å²) in [7, 11) is 0. The summed E-state index contributed by atoms with van der Waals surface area (Å²) >= 11 is 3.85. The van der Waals surface area contributed by atoms with E-state index in [1.165, 1.54) is 0 Å². The van der Waals surface area contributed by atoms with E-state index in [9.17, 15) is 4.79 Å². The zero-order valence-corrected chi connectivity index (χ0v) is 7.43. The van der Waals surface area contributed by atoms with Crippen molar-refractivity contribution in [3.63, 3.8) is 0 Å². The molecule has 0 saturated heterocycles. The third kappa shape index (κ3) is 7.64. The van der Waals surface area contributed by atoms with E-state index >= 15 is 0 Å². The fourth-order valence-corrected chi connectivity index (χ4v) is 0.560. The van der Waals surface area contributed by atoms with Crippen molar-refractivity contribution in [2.45, 2.75) is 25.1 Å². The zero-order chi connectivity index (χ0) is 8.69. The summed E-state index contributed by atoms with van der Waals surface area (Å²) in [5.41, 5.74) is 7.49. The summed E-state index contributed by atoms with van der Waals surface area (Å²) < 4.78 is 0. The summed E-state index contributed by atoms with van der Waals surface area (Å²) in [6, 6.07) is 0. The zero-order valence-electron chi connectivity index (χ0n) is 6.54. The molecule has 66 valence electrons. The highest BCUT2D eigenvalue weighted by molar-refractivity contribution is 7.80. The number of carbonyl (C=O) groups is 1. The molecule has 0 bridgehead atoms. The molecule has 0 fully saturated rings. The van der Waals surface area contributed by atoms with Gasteiger partial charge in [0, 0.05) is 6.42 Å². The fraction of sp³-hybridized carbons (Fsp3) is 0.833. The molecule has 0 aromatic heterocycles. The van der Waals surface area contributed by atoms with Gasteiger partial charge in [0.05, 0.1) is 12.0 Å². The molecule has 5 heteroatoms. The van der Waals surface area contributed by atoms with Crippen LogP contribution in [0.3, 0.4) is 0 Å². The lowest BCUT2D eigenvalue weighted by molar-refractivity contribution is -0.133. The van der Waals surface area contributed by atoms with E-state index in [0.717, 1.165) is 6.42 Å². The molecule has 0 heterocycles. The minimum Gasteiger partial charge on any atom is -0.318 e. The van der Waals surface area contributed by atoms with E-state index in [-0.39, 0.29) is 17.9 Å². The van der Waals surface area contributed by atoms with Crippen LogP contribution in [0.15, 0.2) is 0 Å². The largest absolute Gasteiger partial charge is 0.318 e. The predicted molar refractivity (Wildman–Crippen MR) is 46.0 cm³/mol. The molecular weight excluding hydrogens is 164 g/mol. The lowest BCUT2D eigenvalue weighted by atomic mass is 10.3. The average Bonchev–Trinajstić information content (AvgIpc) is 1.87. The van der Waals surface area contributed by atoms with Gasteiger partial charge in [0.1, 0.15) is 0 Å². The van der Waals surface area contributed by atoms with Crippen molar-refractivity contribution >= 4 is 18.5 Å². The molecule has 0 aliphatic carbocycles. The Morgan fingerprint density at radius 3 is 2.91 bits per heavy atom. The second-order valence-corrected chi connectivity index (χ2v) is 2.82. The molecule has 3 N–H and O–H groups in total. The summed E-state index contributed by atoms with van der Waals surface area (Å²) in [5, 5.41) is -0.350. The van der Waals surface area contributed by atoms with Gasteiger partial charge in [-0.15, -0.1) is 0 Å². The van der Waals surface area contributed by atoms with Crippen LogP contribution in [0.5, 0.6) is 0 Å². The van der Waals surface area contributed by atoms with Crippen molar-refractivity contribution < 1.29 is 9.63 Å². The fourth-order valence-electron chi connectivity index (χ4n) is 0.486. The monoisotopic (exact) mass is 178 g/mol. The van der Waals surface area contributed by atoms with Gasteiger partial charge in [0.2, 0.25) is 5.91 Å². The molecule has 11 heavy (non-hydrogen) atoms. The van der Waals surface area contributed by atoms with Crippen LogP contribution in [0.1, 0.15) is 19.8 Å². The topological polar surface area (TPSA) is 64.3 Å². The molecule has 0 radical (unpaired) electrons. The first-order valence-corrected chi connectivity index (χ1v) is 4.02. The van der Waals surface area contributed by atoms with Crippen molar-refractivity contribution in [3.05, 3.63) is 0 Å². The Hall–Kier alpha value is -0.260. The summed E-state index contributed by atoms with van der Waals surface area (Å²) in [5.74, 6) is -0.124. The molecule has 0 aromatic rings. The third-order valence-corrected chi connectivity index (χ3v) is 1.07. The minimum atomic E-state index is -0.350. The Bertz CT molecular complexity index is 119. The summed E-state index contributed by atoms with van der Waals surface area (Å²) in [4.78, 5) is 15.4. The average molecular weight is 178 g/mol. The van der Waals surface area contributed by atoms with Gasteiger partial charge in [-0.1, -0.05) is 6.92 Å². The Kier molecular flexibility index (Phi) is 6.30. The lowest BCUT2D eigenvalue weighted by Crippen LogP contribution is -2.29. The van der Waals surface area contributed by atoms with Gasteiger partial charge >= 0.3 is 0 Å². The number of nitrogens with two attached hydrogens (primary N) is 1. The second kappa shape index (κ2) is 6.45. The highest BCUT2D eigenvalue weighted by Gasteiger charge is 1.99. The van der Waals surface area contributed by atoms with Crippen LogP contribution in [0.4, 0.5) is 0 Å². The quantitative estimate of drug-likeness (QED) is 0.316. The minimum absolute atomic E-state index is 0.124. The maximum absolute atomic E-state index is 10.7. The van der Waals surface area contributed by atoms with Crippen molar-refractivity contribution in [1.29, 1.82) is 0 Å². The van der Waals surface area contributed by atoms with Crippen LogP contribution in [0.25, 0.3) is 0 Å². The van der Waals surface area contributed by atoms with Crippen LogP contribution in [-0.4, -0.2) is 17.9 Å². The summed E-state index contributed by atoms with van der Waals surface area (Å²) in [6.07, 6.45) is 1.28. The van der Waals surface area contributed by atoms with Crippen LogP contribution >= 0.6 is 12.6 Å². The van der Waals surface area contributed by atoms with Crippen molar-refractivity contribution in [1.82, 2.24) is 5.48 Å². The molecular formula is C6H14N2O2S. The van der Waals surface area contributed by atoms with Crippen molar-refractivity contribution in [3.8, 4) is 0 Å². The molecule has 1 amide bonds. The van der Waals surface area contributed by atoms with E-state index in [2.05, 4.69) is 18.1 Å². The van der Waals surface area contributed by atoms with Gasteiger partial charge in [-0.25, -0.2) is 5.48 Å². The van der Waals surface area contributed by atoms with Gasteiger partial charge in [-0.05, 0) is 6.42 Å². The predicted octanol–water partition coefficient (Wildman–Crippen LogP) is 0.0489. The van der Waals surface area contributed by atoms with Gasteiger partial charge in [0.25, 0.3) is 0 Å². The number of amides is 1. The van der Waals surface area contributed by atoms with Gasteiger partial charge in [-0.3, -0.25) is 9.63 Å². The number of rotatable bonds is 5. The highest BCUT2D eigenvalue weighted by Crippen LogP contribution is 1.87. The van der Waals surface area contributed by atoms with Gasteiger partial charge < -0.3 is 5.73 Å². The summed E-state index contributed by atoms with van der Waals surface area (Å²) in [6.45, 7) is 2.14. The maximum Gasteiger partial charge on any atom is 0.243 e. The Labute approximate surface area is 71.8 Å². The van der Waals surface area contributed by atoms with Gasteiger partial charge in [-0.2, -0.15) is 12.6 Å². The smallest absolute Gasteiger partial charge is 0.243 e. The maximum atomic E-state index is 10.7. The van der Waals surface area contributed by atoms with E-state index in [1.54, 1.807) is 0 Å². The van der Waals surface area contributed by atoms with E-state index in [0.29, 0.717) is 6.42 Å². The van der Waals surface area contributed by atoms with E-state index in [1.807, 2.05) is 6.92 Å². The Morgan fingerprint density at radius 1 is 1.82 bits per heavy atom. The SMILES string of the molecule is CCCC(=O)NOCC(N)S. The van der Waals surface area contributed by atoms with E-state index < -0.39 is 0 Å². The van der Waals surface area contributed by atoms with Gasteiger partial charge in [0.15, 0.2) is 0 Å². The molecule has 0 rings (SSSR count). The number of thiol groups is 1. The molecule has 0 aromatic carbocycles. The third-order valence-electron chi connectivity index (χ3n) is 0.917. The number of hydroxylamine groups is 1. The van der Waals surface area contributed by atoms with Crippen LogP contribution in [0, 0.1) is 0 Å². The van der Waals surface area contributed by atoms with Crippen LogP contribution in [0.2, 0.25) is 0 Å². The number of carbonyl (C=O) groups excluding carboxylic acids is 1. The molecule has 0 saturated carbocycles. The Morgan fingerprint density at radius 2 is 2.45 bits per heavy atom. The normalized spacial score (nSPS) is 12.6. The highest BCUT2D eigenvalue weighted by atomic mass is 32.1. The molecule has 0 aliphatic rings. The first kappa shape index (κ1) is 10.7. The van der Waals surface area contributed by atoms with Crippen molar-refractivity contribution in [2.75, 3.05) is 6.61 Å². The lowest BCUT2D eigenvalue weighted by Gasteiger charge is -2.06. The number of hydrogen-bond acceptors (Lipinski definition) is 4. The number of hydrogen-bond donors (Lipinski definition) is 3. The van der Waals surface area contributed by atoms with Crippen LogP contribution in [-0.2, 0) is 9.63 Å². The first-order valence-electron chi connectivity index (χ1n) is 3.51. The second-order valence-electron chi connectivity index (χ2n) is 2.15. The van der Waals surface area contributed by atoms with Crippen LogP contribution < -0.4 is 11.2 Å². The Balaban J connectivity index is 3.17. The first-order chi connectivity index (χ1) is 5.16.